The van der Waals surface area contributed by atoms with Gasteiger partial charge in [-0.15, -0.1) is 0 Å². The van der Waals surface area contributed by atoms with E-state index in [0.29, 0.717) is 17.0 Å². The third-order valence-corrected chi connectivity index (χ3v) is 5.69. The number of benzene rings is 2. The van der Waals surface area contributed by atoms with Crippen LogP contribution in [0.1, 0.15) is 18.0 Å². The van der Waals surface area contributed by atoms with Gasteiger partial charge in [-0.1, -0.05) is 29.8 Å². The van der Waals surface area contributed by atoms with Crippen molar-refractivity contribution in [1.82, 2.24) is 0 Å². The molecule has 1 aliphatic heterocycles. The highest BCUT2D eigenvalue weighted by atomic mass is 35.5. The van der Waals surface area contributed by atoms with Gasteiger partial charge in [0.05, 0.1) is 21.7 Å². The van der Waals surface area contributed by atoms with Crippen LogP contribution in [0.25, 0.3) is 0 Å². The van der Waals surface area contributed by atoms with Gasteiger partial charge in [0.25, 0.3) is 0 Å². The summed E-state index contributed by atoms with van der Waals surface area (Å²) in [7, 11) is -3.22. The van der Waals surface area contributed by atoms with Gasteiger partial charge in [0.15, 0.2) is 9.84 Å². The van der Waals surface area contributed by atoms with Crippen molar-refractivity contribution in [2.75, 3.05) is 11.1 Å². The van der Waals surface area contributed by atoms with Crippen molar-refractivity contribution < 1.29 is 12.8 Å². The summed E-state index contributed by atoms with van der Waals surface area (Å²) in [5.41, 5.74) is 1.30. The quantitative estimate of drug-likeness (QED) is 0.913. The second-order valence-corrected chi connectivity index (χ2v) is 7.46. The number of fused-ring (bicyclic) bond motifs is 1. The number of rotatable bonds is 2. The zero-order chi connectivity index (χ0) is 15.0. The summed E-state index contributed by atoms with van der Waals surface area (Å²) >= 11 is 5.66. The van der Waals surface area contributed by atoms with Crippen LogP contribution in [-0.2, 0) is 9.84 Å². The van der Waals surface area contributed by atoms with E-state index in [1.165, 1.54) is 12.1 Å². The lowest BCUT2D eigenvalue weighted by Gasteiger charge is -2.27. The fraction of sp³-hybridized carbons (Fsp3) is 0.200. The summed E-state index contributed by atoms with van der Waals surface area (Å²) in [6, 6.07) is 11.2. The lowest BCUT2D eigenvalue weighted by molar-refractivity contribution is 0.575. The molecule has 1 unspecified atom stereocenters. The number of halogens is 2. The highest BCUT2D eigenvalue weighted by Crippen LogP contribution is 2.34. The van der Waals surface area contributed by atoms with Crippen LogP contribution in [0.3, 0.4) is 0 Å². The SMILES string of the molecule is O=S1(=O)CCC(Nc2ccc(Cl)c(F)c2)c2ccccc21. The maximum absolute atomic E-state index is 13.5. The fourth-order valence-electron chi connectivity index (χ4n) is 2.53. The van der Waals surface area contributed by atoms with Crippen LogP contribution in [0.5, 0.6) is 0 Å². The van der Waals surface area contributed by atoms with Gasteiger partial charge >= 0.3 is 0 Å². The Labute approximate surface area is 127 Å². The van der Waals surface area contributed by atoms with Crippen molar-refractivity contribution in [3.05, 3.63) is 58.9 Å². The Morgan fingerprint density at radius 1 is 1.19 bits per heavy atom. The molecule has 0 fully saturated rings. The molecule has 0 aromatic heterocycles. The van der Waals surface area contributed by atoms with E-state index in [2.05, 4.69) is 5.32 Å². The Morgan fingerprint density at radius 2 is 1.95 bits per heavy atom. The van der Waals surface area contributed by atoms with Gasteiger partial charge in [-0.3, -0.25) is 0 Å². The zero-order valence-corrected chi connectivity index (χ0v) is 12.6. The van der Waals surface area contributed by atoms with Crippen molar-refractivity contribution in [3.8, 4) is 0 Å². The predicted molar refractivity (Wildman–Crippen MR) is 80.9 cm³/mol. The standard InChI is InChI=1S/C15H13ClFNO2S/c16-12-6-5-10(9-13(12)17)18-14-7-8-21(19,20)15-4-2-1-3-11(14)15/h1-6,9,14,18H,7-8H2. The molecule has 0 saturated heterocycles. The van der Waals surface area contributed by atoms with Crippen LogP contribution in [0.2, 0.25) is 5.02 Å². The fourth-order valence-corrected chi connectivity index (χ4v) is 4.27. The van der Waals surface area contributed by atoms with E-state index >= 15 is 0 Å². The topological polar surface area (TPSA) is 46.2 Å². The van der Waals surface area contributed by atoms with Gasteiger partial charge < -0.3 is 5.32 Å². The minimum absolute atomic E-state index is 0.0622. The van der Waals surface area contributed by atoms with Crippen molar-refractivity contribution >= 4 is 27.1 Å². The Hall–Kier alpha value is -1.59. The summed E-state index contributed by atoms with van der Waals surface area (Å²) in [5, 5.41) is 3.24. The van der Waals surface area contributed by atoms with Crippen LogP contribution < -0.4 is 5.32 Å². The Kier molecular flexibility index (Phi) is 3.63. The Morgan fingerprint density at radius 3 is 2.71 bits per heavy atom. The molecule has 110 valence electrons. The molecule has 2 aromatic carbocycles. The maximum atomic E-state index is 13.5. The molecule has 0 radical (unpaired) electrons. The number of hydrogen-bond acceptors (Lipinski definition) is 3. The molecule has 0 bridgehead atoms. The number of hydrogen-bond donors (Lipinski definition) is 1. The third-order valence-electron chi connectivity index (χ3n) is 3.57. The molecule has 0 spiro atoms. The van der Waals surface area contributed by atoms with Gasteiger partial charge in [-0.05, 0) is 36.2 Å². The molecule has 0 amide bonds. The first-order valence-electron chi connectivity index (χ1n) is 6.51. The summed E-state index contributed by atoms with van der Waals surface area (Å²) in [4.78, 5) is 0.350. The van der Waals surface area contributed by atoms with Crippen molar-refractivity contribution in [2.45, 2.75) is 17.4 Å². The third kappa shape index (κ3) is 2.76. The number of nitrogens with one attached hydrogen (secondary N) is 1. The molecule has 1 heterocycles. The summed E-state index contributed by atoms with van der Waals surface area (Å²) in [5.74, 6) is -0.420. The smallest absolute Gasteiger partial charge is 0.178 e. The molecule has 3 nitrogen and oxygen atoms in total. The highest BCUT2D eigenvalue weighted by Gasteiger charge is 2.29. The summed E-state index contributed by atoms with van der Waals surface area (Å²) < 4.78 is 37.6. The van der Waals surface area contributed by atoms with E-state index in [-0.39, 0.29) is 16.8 Å². The van der Waals surface area contributed by atoms with Crippen molar-refractivity contribution in [1.29, 1.82) is 0 Å². The highest BCUT2D eigenvalue weighted by molar-refractivity contribution is 7.91. The molecule has 6 heteroatoms. The van der Waals surface area contributed by atoms with Gasteiger partial charge in [-0.2, -0.15) is 0 Å². The summed E-state index contributed by atoms with van der Waals surface area (Å²) in [6.45, 7) is 0. The number of sulfone groups is 1. The first-order valence-corrected chi connectivity index (χ1v) is 8.54. The van der Waals surface area contributed by atoms with E-state index in [4.69, 9.17) is 11.6 Å². The number of anilines is 1. The van der Waals surface area contributed by atoms with E-state index in [0.717, 1.165) is 5.56 Å². The summed E-state index contributed by atoms with van der Waals surface area (Å²) in [6.07, 6.45) is 0.448. The monoisotopic (exact) mass is 325 g/mol. The molecule has 21 heavy (non-hydrogen) atoms. The average Bonchev–Trinajstić information content (AvgIpc) is 2.46. The van der Waals surface area contributed by atoms with E-state index in [1.54, 1.807) is 30.3 Å². The van der Waals surface area contributed by atoms with Crippen LogP contribution in [0.15, 0.2) is 47.4 Å². The molecule has 0 saturated carbocycles. The Bertz CT molecular complexity index is 792. The second-order valence-electron chi connectivity index (χ2n) is 4.97. The molecule has 1 N–H and O–H groups in total. The van der Waals surface area contributed by atoms with E-state index in [9.17, 15) is 12.8 Å². The molecule has 0 aliphatic carbocycles. The average molecular weight is 326 g/mol. The van der Waals surface area contributed by atoms with E-state index in [1.807, 2.05) is 0 Å². The second kappa shape index (κ2) is 5.31. The molecule has 2 aromatic rings. The molecule has 3 rings (SSSR count). The van der Waals surface area contributed by atoms with Crippen molar-refractivity contribution in [3.63, 3.8) is 0 Å². The molecular weight excluding hydrogens is 313 g/mol. The van der Waals surface area contributed by atoms with E-state index < -0.39 is 15.7 Å². The van der Waals surface area contributed by atoms with Gasteiger partial charge in [0.2, 0.25) is 0 Å². The molecule has 1 aliphatic rings. The first-order chi connectivity index (χ1) is 9.97. The first kappa shape index (κ1) is 14.4. The minimum atomic E-state index is -3.22. The van der Waals surface area contributed by atoms with Gasteiger partial charge in [0, 0.05) is 5.69 Å². The largest absolute Gasteiger partial charge is 0.378 e. The van der Waals surface area contributed by atoms with Crippen molar-refractivity contribution in [2.24, 2.45) is 0 Å². The normalized spacial score (nSPS) is 19.8. The molecule has 1 atom stereocenters. The van der Waals surface area contributed by atoms with Crippen LogP contribution in [0, 0.1) is 5.82 Å². The van der Waals surface area contributed by atoms with Crippen LogP contribution >= 0.6 is 11.6 Å². The zero-order valence-electron chi connectivity index (χ0n) is 11.0. The lowest BCUT2D eigenvalue weighted by atomic mass is 10.0. The van der Waals surface area contributed by atoms with Crippen LogP contribution in [-0.4, -0.2) is 14.2 Å². The van der Waals surface area contributed by atoms with Gasteiger partial charge in [0.1, 0.15) is 5.82 Å². The Balaban J connectivity index is 1.95. The maximum Gasteiger partial charge on any atom is 0.178 e. The molecular formula is C15H13ClFNO2S. The van der Waals surface area contributed by atoms with Crippen LogP contribution in [0.4, 0.5) is 10.1 Å². The van der Waals surface area contributed by atoms with Gasteiger partial charge in [-0.25, -0.2) is 12.8 Å². The predicted octanol–water partition coefficient (Wildman–Crippen LogP) is 3.81. The minimum Gasteiger partial charge on any atom is -0.378 e. The lowest BCUT2D eigenvalue weighted by Crippen LogP contribution is -2.24.